The van der Waals surface area contributed by atoms with Gasteiger partial charge < -0.3 is 15.8 Å². The molecule has 0 spiro atoms. The van der Waals surface area contributed by atoms with Crippen LogP contribution in [0.3, 0.4) is 0 Å². The number of amides is 2. The Bertz CT molecular complexity index is 856. The Morgan fingerprint density at radius 2 is 2.15 bits per heavy atom. The van der Waals surface area contributed by atoms with Crippen LogP contribution in [0, 0.1) is 5.92 Å². The van der Waals surface area contributed by atoms with Crippen molar-refractivity contribution < 1.29 is 14.3 Å². The lowest BCUT2D eigenvalue weighted by molar-refractivity contribution is -0.129. The van der Waals surface area contributed by atoms with E-state index in [0.717, 1.165) is 0 Å². The van der Waals surface area contributed by atoms with E-state index in [1.165, 1.54) is 4.90 Å². The zero-order valence-corrected chi connectivity index (χ0v) is 15.2. The second-order valence-corrected chi connectivity index (χ2v) is 6.76. The molecule has 0 bridgehead atoms. The van der Waals surface area contributed by atoms with Gasteiger partial charge in [-0.3, -0.25) is 14.5 Å². The largest absolute Gasteiger partial charge is 0.476 e. The summed E-state index contributed by atoms with van der Waals surface area (Å²) in [6, 6.07) is 10.0. The van der Waals surface area contributed by atoms with Gasteiger partial charge in [0, 0.05) is 10.7 Å². The monoisotopic (exact) mass is 374 g/mol. The quantitative estimate of drug-likeness (QED) is 0.857. The van der Waals surface area contributed by atoms with E-state index in [4.69, 9.17) is 22.1 Å². The third-order valence-corrected chi connectivity index (χ3v) is 4.13. The molecule has 8 heteroatoms. The molecule has 0 saturated carbocycles. The third kappa shape index (κ3) is 3.72. The van der Waals surface area contributed by atoms with Crippen molar-refractivity contribution in [1.29, 1.82) is 0 Å². The lowest BCUT2D eigenvalue weighted by Gasteiger charge is -2.34. The minimum atomic E-state index is -0.688. The maximum absolute atomic E-state index is 12.8. The van der Waals surface area contributed by atoms with Crippen LogP contribution in [0.2, 0.25) is 5.02 Å². The van der Waals surface area contributed by atoms with Crippen LogP contribution in [0.15, 0.2) is 36.4 Å². The predicted molar refractivity (Wildman–Crippen MR) is 100 cm³/mol. The molecule has 1 aliphatic rings. The summed E-state index contributed by atoms with van der Waals surface area (Å²) in [5.74, 6) is 0.142. The number of nitrogens with two attached hydrogens (primary N) is 1. The molecular formula is C18H19ClN4O3. The molecule has 0 fully saturated rings. The molecule has 3 N–H and O–H groups in total. The first kappa shape index (κ1) is 18.0. The first-order valence-electron chi connectivity index (χ1n) is 8.15. The molecule has 7 nitrogen and oxygen atoms in total. The van der Waals surface area contributed by atoms with E-state index in [1.807, 2.05) is 13.8 Å². The number of anilines is 3. The first-order valence-corrected chi connectivity index (χ1v) is 8.53. The van der Waals surface area contributed by atoms with E-state index >= 15 is 0 Å². The maximum Gasteiger partial charge on any atom is 0.270 e. The molecule has 26 heavy (non-hydrogen) atoms. The highest BCUT2D eigenvalue weighted by Crippen LogP contribution is 2.34. The normalized spacial score (nSPS) is 16.2. The fourth-order valence-electron chi connectivity index (χ4n) is 2.67. The van der Waals surface area contributed by atoms with Crippen molar-refractivity contribution in [3.05, 3.63) is 41.4 Å². The van der Waals surface area contributed by atoms with Crippen molar-refractivity contribution in [2.75, 3.05) is 22.5 Å². The highest BCUT2D eigenvalue weighted by atomic mass is 35.5. The van der Waals surface area contributed by atoms with Gasteiger partial charge in [-0.2, -0.15) is 0 Å². The number of fused-ring (bicyclic) bond motifs is 1. The molecule has 1 aliphatic heterocycles. The van der Waals surface area contributed by atoms with Crippen LogP contribution < -0.4 is 20.7 Å². The van der Waals surface area contributed by atoms with Crippen LogP contribution in [0.4, 0.5) is 17.3 Å². The number of benzene rings is 1. The highest BCUT2D eigenvalue weighted by Gasteiger charge is 2.38. The van der Waals surface area contributed by atoms with E-state index in [1.54, 1.807) is 36.4 Å². The van der Waals surface area contributed by atoms with Crippen LogP contribution in [0.5, 0.6) is 5.75 Å². The topological polar surface area (TPSA) is 97.6 Å². The van der Waals surface area contributed by atoms with Crippen molar-refractivity contribution in [2.45, 2.75) is 20.0 Å². The Balaban J connectivity index is 1.85. The fourth-order valence-corrected chi connectivity index (χ4v) is 2.86. The third-order valence-electron chi connectivity index (χ3n) is 3.90. The van der Waals surface area contributed by atoms with Crippen LogP contribution in [0.1, 0.15) is 13.8 Å². The molecule has 1 unspecified atom stereocenters. The van der Waals surface area contributed by atoms with E-state index in [2.05, 4.69) is 10.3 Å². The summed E-state index contributed by atoms with van der Waals surface area (Å²) in [5.41, 5.74) is 6.28. The number of carbonyl (C=O) groups is 2. The molecule has 0 saturated heterocycles. The van der Waals surface area contributed by atoms with Gasteiger partial charge in [0.2, 0.25) is 5.91 Å². The van der Waals surface area contributed by atoms with Crippen LogP contribution in [0.25, 0.3) is 0 Å². The molecule has 1 atom stereocenters. The van der Waals surface area contributed by atoms with Crippen LogP contribution >= 0.6 is 11.6 Å². The molecular weight excluding hydrogens is 356 g/mol. The molecule has 3 rings (SSSR count). The number of hydrogen-bond acceptors (Lipinski definition) is 5. The predicted octanol–water partition coefficient (Wildman–Crippen LogP) is 2.71. The van der Waals surface area contributed by atoms with Gasteiger partial charge in [-0.25, -0.2) is 4.98 Å². The number of nitrogens with zero attached hydrogens (tertiary/aromatic N) is 2. The molecule has 136 valence electrons. The van der Waals surface area contributed by atoms with Gasteiger partial charge >= 0.3 is 0 Å². The number of halogens is 1. The van der Waals surface area contributed by atoms with Crippen molar-refractivity contribution in [3.8, 4) is 5.75 Å². The Morgan fingerprint density at radius 3 is 2.85 bits per heavy atom. The molecule has 0 aliphatic carbocycles. The summed E-state index contributed by atoms with van der Waals surface area (Å²) in [4.78, 5) is 30.7. The average molecular weight is 375 g/mol. The van der Waals surface area contributed by atoms with Crippen molar-refractivity contribution in [1.82, 2.24) is 4.98 Å². The first-order chi connectivity index (χ1) is 12.3. The SMILES string of the molecule is CC(C)C1Oc2ccc(N)nc2N(CC(=O)Nc2cccc(Cl)c2)C1=O. The van der Waals surface area contributed by atoms with Crippen molar-refractivity contribution in [3.63, 3.8) is 0 Å². The minimum absolute atomic E-state index is 0.0632. The van der Waals surface area contributed by atoms with E-state index < -0.39 is 6.10 Å². The van der Waals surface area contributed by atoms with Crippen LogP contribution in [-0.4, -0.2) is 29.4 Å². The fraction of sp³-hybridized carbons (Fsp3) is 0.278. The van der Waals surface area contributed by atoms with E-state index in [0.29, 0.717) is 16.5 Å². The average Bonchev–Trinajstić information content (AvgIpc) is 2.57. The van der Waals surface area contributed by atoms with Gasteiger partial charge in [-0.05, 0) is 36.2 Å². The number of nitrogen functional groups attached to an aromatic ring is 1. The summed E-state index contributed by atoms with van der Waals surface area (Å²) in [7, 11) is 0. The number of pyridine rings is 1. The number of ether oxygens (including phenoxy) is 1. The van der Waals surface area contributed by atoms with E-state index in [9.17, 15) is 9.59 Å². The number of aromatic nitrogens is 1. The van der Waals surface area contributed by atoms with Gasteiger partial charge in [0.25, 0.3) is 5.91 Å². The highest BCUT2D eigenvalue weighted by molar-refractivity contribution is 6.30. The van der Waals surface area contributed by atoms with Crippen molar-refractivity contribution >= 4 is 40.7 Å². The lowest BCUT2D eigenvalue weighted by Crippen LogP contribution is -2.51. The van der Waals surface area contributed by atoms with Gasteiger partial charge in [0.15, 0.2) is 17.7 Å². The van der Waals surface area contributed by atoms with E-state index in [-0.39, 0.29) is 35.9 Å². The smallest absolute Gasteiger partial charge is 0.270 e. The summed E-state index contributed by atoms with van der Waals surface area (Å²) in [6.07, 6.45) is -0.688. The Morgan fingerprint density at radius 1 is 1.38 bits per heavy atom. The number of hydrogen-bond donors (Lipinski definition) is 2. The lowest BCUT2D eigenvalue weighted by atomic mass is 10.0. The second-order valence-electron chi connectivity index (χ2n) is 6.32. The summed E-state index contributed by atoms with van der Waals surface area (Å²) in [5, 5.41) is 3.23. The van der Waals surface area contributed by atoms with Gasteiger partial charge in [-0.1, -0.05) is 31.5 Å². The number of carbonyl (C=O) groups excluding carboxylic acids is 2. The zero-order valence-electron chi connectivity index (χ0n) is 14.4. The molecule has 1 aromatic heterocycles. The van der Waals surface area contributed by atoms with Crippen molar-refractivity contribution in [2.24, 2.45) is 5.92 Å². The summed E-state index contributed by atoms with van der Waals surface area (Å²) >= 11 is 5.93. The Kier molecular flexibility index (Phi) is 4.99. The number of nitrogens with one attached hydrogen (secondary N) is 1. The minimum Gasteiger partial charge on any atom is -0.476 e. The zero-order chi connectivity index (χ0) is 18.8. The maximum atomic E-state index is 12.8. The summed E-state index contributed by atoms with van der Waals surface area (Å²) in [6.45, 7) is 3.55. The molecule has 2 heterocycles. The number of rotatable bonds is 4. The molecule has 1 aromatic carbocycles. The van der Waals surface area contributed by atoms with Gasteiger partial charge in [0.1, 0.15) is 12.4 Å². The molecule has 2 aromatic rings. The summed E-state index contributed by atoms with van der Waals surface area (Å²) < 4.78 is 5.75. The molecule has 2 amide bonds. The van der Waals surface area contributed by atoms with Gasteiger partial charge in [-0.15, -0.1) is 0 Å². The Labute approximate surface area is 156 Å². The van der Waals surface area contributed by atoms with Gasteiger partial charge in [0.05, 0.1) is 0 Å². The second kappa shape index (κ2) is 7.21. The standard InChI is InChI=1S/C18H19ClN4O3/c1-10(2)16-18(25)23(17-13(26-16)6-7-14(20)22-17)9-15(24)21-12-5-3-4-11(19)8-12/h3-8,10,16H,9H2,1-2H3,(H2,20,22)(H,21,24). The Hall–Kier alpha value is -2.80. The van der Waals surface area contributed by atoms with Crippen LogP contribution in [-0.2, 0) is 9.59 Å². The molecule has 0 radical (unpaired) electrons.